The summed E-state index contributed by atoms with van der Waals surface area (Å²) >= 11 is 0. The first-order valence-electron chi connectivity index (χ1n) is 12.8. The number of carbonyl (C=O) groups is 3. The molecule has 2 amide bonds. The maximum atomic E-state index is 13.3. The monoisotopic (exact) mass is 570 g/mol. The van der Waals surface area contributed by atoms with E-state index in [1.165, 1.54) is 24.3 Å². The van der Waals surface area contributed by atoms with Crippen molar-refractivity contribution in [3.8, 4) is 11.5 Å². The molecule has 0 saturated heterocycles. The molecule has 4 aromatic rings. The normalized spacial score (nSPS) is 13.5. The molecule has 0 aromatic heterocycles. The number of benzene rings is 4. The van der Waals surface area contributed by atoms with Crippen molar-refractivity contribution < 1.29 is 32.3 Å². The van der Waals surface area contributed by atoms with Crippen LogP contribution in [0.25, 0.3) is 0 Å². The zero-order valence-corrected chi connectivity index (χ0v) is 22.6. The molecular formula is C31H26N2O7S. The number of esters is 1. The van der Waals surface area contributed by atoms with E-state index in [1.807, 2.05) is 24.3 Å². The fourth-order valence-corrected chi connectivity index (χ4v) is 5.54. The van der Waals surface area contributed by atoms with E-state index in [0.29, 0.717) is 11.5 Å². The Morgan fingerprint density at radius 2 is 1.27 bits per heavy atom. The molecule has 0 saturated carbocycles. The average molecular weight is 571 g/mol. The highest BCUT2D eigenvalue weighted by molar-refractivity contribution is 7.89. The van der Waals surface area contributed by atoms with Crippen LogP contribution in [-0.4, -0.2) is 43.7 Å². The van der Waals surface area contributed by atoms with E-state index in [2.05, 4.69) is 4.72 Å². The number of carbonyl (C=O) groups excluding carboxylic acids is 3. The van der Waals surface area contributed by atoms with Gasteiger partial charge in [-0.25, -0.2) is 8.42 Å². The molecule has 1 N–H and O–H groups in total. The van der Waals surface area contributed by atoms with E-state index in [4.69, 9.17) is 9.47 Å². The molecule has 1 aliphatic rings. The average Bonchev–Trinajstić information content (AvgIpc) is 3.24. The Balaban J connectivity index is 1.31. The van der Waals surface area contributed by atoms with Gasteiger partial charge in [0, 0.05) is 6.54 Å². The number of imide groups is 1. The van der Waals surface area contributed by atoms with Crippen LogP contribution in [0.2, 0.25) is 0 Å². The minimum Gasteiger partial charge on any atom is -0.460 e. The zero-order chi connectivity index (χ0) is 28.8. The number of hydrogen-bond acceptors (Lipinski definition) is 7. The minimum absolute atomic E-state index is 0.0730. The second-order valence-corrected chi connectivity index (χ2v) is 11.0. The Morgan fingerprint density at radius 1 is 0.732 bits per heavy atom. The molecule has 9 nitrogen and oxygen atoms in total. The maximum absolute atomic E-state index is 13.3. The molecule has 0 spiro atoms. The van der Waals surface area contributed by atoms with Crippen molar-refractivity contribution in [2.75, 3.05) is 6.54 Å². The van der Waals surface area contributed by atoms with Crippen LogP contribution in [-0.2, 0) is 26.2 Å². The zero-order valence-electron chi connectivity index (χ0n) is 21.8. The molecule has 1 unspecified atom stereocenters. The van der Waals surface area contributed by atoms with Gasteiger partial charge in [-0.1, -0.05) is 60.7 Å². The van der Waals surface area contributed by atoms with Crippen LogP contribution in [0.4, 0.5) is 0 Å². The van der Waals surface area contributed by atoms with Crippen LogP contribution < -0.4 is 9.46 Å². The van der Waals surface area contributed by atoms with Gasteiger partial charge in [-0.2, -0.15) is 4.72 Å². The molecule has 208 valence electrons. The van der Waals surface area contributed by atoms with Gasteiger partial charge < -0.3 is 9.47 Å². The first-order chi connectivity index (χ1) is 19.8. The number of nitrogens with one attached hydrogen (secondary N) is 1. The summed E-state index contributed by atoms with van der Waals surface area (Å²) in [5.41, 5.74) is 1.25. The fourth-order valence-electron chi connectivity index (χ4n) is 4.32. The van der Waals surface area contributed by atoms with E-state index in [0.717, 1.165) is 10.5 Å². The second-order valence-electron chi connectivity index (χ2n) is 9.25. The molecule has 4 aromatic carbocycles. The largest absolute Gasteiger partial charge is 0.460 e. The van der Waals surface area contributed by atoms with Crippen molar-refractivity contribution in [2.45, 2.75) is 24.0 Å². The number of fused-ring (bicyclic) bond motifs is 1. The van der Waals surface area contributed by atoms with Crippen LogP contribution in [0.3, 0.4) is 0 Å². The van der Waals surface area contributed by atoms with Crippen molar-refractivity contribution in [1.29, 1.82) is 0 Å². The summed E-state index contributed by atoms with van der Waals surface area (Å²) < 4.78 is 40.1. The van der Waals surface area contributed by atoms with E-state index < -0.39 is 33.8 Å². The van der Waals surface area contributed by atoms with Gasteiger partial charge in [-0.05, 0) is 60.5 Å². The quantitative estimate of drug-likeness (QED) is 0.207. The Morgan fingerprint density at radius 3 is 1.88 bits per heavy atom. The third kappa shape index (κ3) is 6.51. The van der Waals surface area contributed by atoms with Gasteiger partial charge in [0.2, 0.25) is 10.0 Å². The first-order valence-corrected chi connectivity index (χ1v) is 14.3. The molecule has 41 heavy (non-hydrogen) atoms. The Kier molecular flexibility index (Phi) is 8.23. The van der Waals surface area contributed by atoms with Crippen LogP contribution in [0, 0.1) is 0 Å². The third-order valence-corrected chi connectivity index (χ3v) is 7.93. The SMILES string of the molecule is O=C(OCc1ccccc1)C(CCN1C(=O)c2ccccc2C1=O)NS(=O)(=O)c1ccc(Oc2ccccc2)cc1. The minimum atomic E-state index is -4.20. The maximum Gasteiger partial charge on any atom is 0.324 e. The predicted molar refractivity (Wildman–Crippen MR) is 150 cm³/mol. The van der Waals surface area contributed by atoms with Gasteiger partial charge in [0.05, 0.1) is 16.0 Å². The number of ether oxygens (including phenoxy) is 2. The van der Waals surface area contributed by atoms with Gasteiger partial charge >= 0.3 is 5.97 Å². The number of sulfonamides is 1. The van der Waals surface area contributed by atoms with Crippen molar-refractivity contribution in [3.05, 3.63) is 126 Å². The van der Waals surface area contributed by atoms with E-state index in [1.54, 1.807) is 60.7 Å². The molecule has 10 heteroatoms. The second kappa shape index (κ2) is 12.2. The van der Waals surface area contributed by atoms with Gasteiger partial charge in [-0.15, -0.1) is 0 Å². The van der Waals surface area contributed by atoms with Crippen molar-refractivity contribution in [1.82, 2.24) is 9.62 Å². The van der Waals surface area contributed by atoms with Crippen LogP contribution in [0.5, 0.6) is 11.5 Å². The molecule has 0 radical (unpaired) electrons. The van der Waals surface area contributed by atoms with Crippen molar-refractivity contribution >= 4 is 27.8 Å². The lowest BCUT2D eigenvalue weighted by atomic mass is 10.1. The first kappa shape index (κ1) is 27.8. The van der Waals surface area contributed by atoms with E-state index >= 15 is 0 Å². The highest BCUT2D eigenvalue weighted by atomic mass is 32.2. The Bertz CT molecular complexity index is 1620. The van der Waals surface area contributed by atoms with E-state index in [9.17, 15) is 22.8 Å². The molecule has 1 aliphatic heterocycles. The molecule has 0 bridgehead atoms. The number of para-hydroxylation sites is 1. The highest BCUT2D eigenvalue weighted by Gasteiger charge is 2.36. The van der Waals surface area contributed by atoms with Crippen molar-refractivity contribution in [2.24, 2.45) is 0 Å². The molecule has 0 aliphatic carbocycles. The Labute approximate surface area is 237 Å². The number of nitrogens with zero attached hydrogens (tertiary/aromatic N) is 1. The van der Waals surface area contributed by atoms with Gasteiger partial charge in [0.1, 0.15) is 24.1 Å². The fraction of sp³-hybridized carbons (Fsp3) is 0.129. The lowest BCUT2D eigenvalue weighted by Crippen LogP contribution is -2.44. The third-order valence-electron chi connectivity index (χ3n) is 6.44. The number of hydrogen-bond donors (Lipinski definition) is 1. The summed E-state index contributed by atoms with van der Waals surface area (Å²) in [6.45, 7) is -0.264. The van der Waals surface area contributed by atoms with Crippen LogP contribution in [0.15, 0.2) is 114 Å². The van der Waals surface area contributed by atoms with Crippen molar-refractivity contribution in [3.63, 3.8) is 0 Å². The van der Waals surface area contributed by atoms with Gasteiger partial charge in [-0.3, -0.25) is 19.3 Å². The summed E-state index contributed by atoms with van der Waals surface area (Å²) in [6, 6.07) is 28.7. The number of amides is 2. The van der Waals surface area contributed by atoms with Crippen LogP contribution >= 0.6 is 0 Å². The predicted octanol–water partition coefficient (Wildman–Crippen LogP) is 4.56. The molecule has 5 rings (SSSR count). The van der Waals surface area contributed by atoms with Gasteiger partial charge in [0.25, 0.3) is 11.8 Å². The summed E-state index contributed by atoms with van der Waals surface area (Å²) in [4.78, 5) is 39.6. The van der Waals surface area contributed by atoms with E-state index in [-0.39, 0.29) is 35.6 Å². The highest BCUT2D eigenvalue weighted by Crippen LogP contribution is 2.25. The lowest BCUT2D eigenvalue weighted by molar-refractivity contribution is -0.147. The summed E-state index contributed by atoms with van der Waals surface area (Å²) in [6.07, 6.45) is -0.187. The smallest absolute Gasteiger partial charge is 0.324 e. The standard InChI is InChI=1S/C31H26N2O7S/c34-29-26-13-7-8-14-27(26)30(35)33(29)20-19-28(31(36)39-21-22-9-3-1-4-10-22)32-41(37,38)25-17-15-24(16-18-25)40-23-11-5-2-6-12-23/h1-18,28,32H,19-21H2. The molecule has 1 heterocycles. The van der Waals surface area contributed by atoms with Gasteiger partial charge in [0.15, 0.2) is 0 Å². The van der Waals surface area contributed by atoms with Crippen LogP contribution in [0.1, 0.15) is 32.7 Å². The molecular weight excluding hydrogens is 544 g/mol. The lowest BCUT2D eigenvalue weighted by Gasteiger charge is -2.21. The molecule has 1 atom stereocenters. The summed E-state index contributed by atoms with van der Waals surface area (Å²) in [5, 5.41) is 0. The topological polar surface area (TPSA) is 119 Å². The Hall–Kier alpha value is -4.80. The summed E-state index contributed by atoms with van der Waals surface area (Å²) in [5.74, 6) is -0.814. The number of rotatable bonds is 11. The summed E-state index contributed by atoms with van der Waals surface area (Å²) in [7, 11) is -4.20. The molecule has 0 fully saturated rings.